The first-order valence-electron chi connectivity index (χ1n) is 4.75. The monoisotopic (exact) mass is 191 g/mol. The molecular weight excluding hydrogens is 170 g/mol. The van der Waals surface area contributed by atoms with Gasteiger partial charge in [-0.2, -0.15) is 0 Å². The normalized spacial score (nSPS) is 11.1. The number of hydrogen-bond acceptors (Lipinski definition) is 5. The predicted molar refractivity (Wildman–Crippen MR) is 52.3 cm³/mol. The standard InChI is InChI=1S/C8H21N3O2/c9-3-5-11-7-6-10-4-1-2-8(12)13/h8,10-13H,1-7,9H2. The van der Waals surface area contributed by atoms with Crippen molar-refractivity contribution in [3.05, 3.63) is 0 Å². The molecule has 6 N–H and O–H groups in total. The van der Waals surface area contributed by atoms with E-state index in [0.717, 1.165) is 32.6 Å². The number of aliphatic hydroxyl groups excluding tert-OH is 1. The van der Waals surface area contributed by atoms with E-state index in [1.54, 1.807) is 0 Å². The fourth-order valence-corrected chi connectivity index (χ4v) is 0.938. The Morgan fingerprint density at radius 3 is 2.15 bits per heavy atom. The highest BCUT2D eigenvalue weighted by molar-refractivity contribution is 4.53. The van der Waals surface area contributed by atoms with E-state index >= 15 is 0 Å². The second kappa shape index (κ2) is 9.88. The molecular formula is C8H21N3O2. The molecule has 0 aliphatic rings. The van der Waals surface area contributed by atoms with Gasteiger partial charge in [0, 0.05) is 26.2 Å². The lowest BCUT2D eigenvalue weighted by atomic mass is 10.3. The van der Waals surface area contributed by atoms with Crippen LogP contribution in [0, 0.1) is 0 Å². The number of nitrogens with one attached hydrogen (secondary N) is 2. The van der Waals surface area contributed by atoms with E-state index in [0.29, 0.717) is 13.0 Å². The molecule has 0 aliphatic heterocycles. The van der Waals surface area contributed by atoms with Crippen LogP contribution in [0.5, 0.6) is 0 Å². The van der Waals surface area contributed by atoms with E-state index in [-0.39, 0.29) is 0 Å². The van der Waals surface area contributed by atoms with Gasteiger partial charge in [-0.3, -0.25) is 0 Å². The maximum Gasteiger partial charge on any atom is 0.151 e. The lowest BCUT2D eigenvalue weighted by Crippen LogP contribution is -2.31. The second-order valence-electron chi connectivity index (χ2n) is 2.91. The first-order chi connectivity index (χ1) is 6.27. The van der Waals surface area contributed by atoms with Crippen molar-refractivity contribution in [2.75, 3.05) is 32.7 Å². The van der Waals surface area contributed by atoms with Crippen molar-refractivity contribution < 1.29 is 10.2 Å². The molecule has 80 valence electrons. The summed E-state index contributed by atoms with van der Waals surface area (Å²) in [6.07, 6.45) is 0.0507. The van der Waals surface area contributed by atoms with E-state index in [9.17, 15) is 0 Å². The highest BCUT2D eigenvalue weighted by Crippen LogP contribution is 1.90. The zero-order valence-corrected chi connectivity index (χ0v) is 8.00. The van der Waals surface area contributed by atoms with E-state index in [1.165, 1.54) is 0 Å². The minimum atomic E-state index is -1.17. The smallest absolute Gasteiger partial charge is 0.151 e. The van der Waals surface area contributed by atoms with Crippen molar-refractivity contribution in [1.82, 2.24) is 10.6 Å². The number of aliphatic hydroxyl groups is 2. The van der Waals surface area contributed by atoms with Crippen LogP contribution in [0.25, 0.3) is 0 Å². The zero-order valence-electron chi connectivity index (χ0n) is 8.00. The summed E-state index contributed by atoms with van der Waals surface area (Å²) >= 11 is 0. The van der Waals surface area contributed by atoms with Gasteiger partial charge in [-0.25, -0.2) is 0 Å². The van der Waals surface area contributed by atoms with Gasteiger partial charge in [-0.1, -0.05) is 0 Å². The molecule has 5 heteroatoms. The van der Waals surface area contributed by atoms with Crippen molar-refractivity contribution in [3.8, 4) is 0 Å². The number of hydrogen-bond donors (Lipinski definition) is 5. The molecule has 0 saturated carbocycles. The Morgan fingerprint density at radius 1 is 1.00 bits per heavy atom. The third-order valence-corrected chi connectivity index (χ3v) is 1.62. The molecule has 0 bridgehead atoms. The van der Waals surface area contributed by atoms with Crippen LogP contribution in [0.15, 0.2) is 0 Å². The molecule has 0 heterocycles. The molecule has 0 amide bonds. The molecule has 0 atom stereocenters. The Labute approximate surface area is 79.3 Å². The van der Waals surface area contributed by atoms with Gasteiger partial charge >= 0.3 is 0 Å². The Balaban J connectivity index is 2.84. The predicted octanol–water partition coefficient (Wildman–Crippen LogP) is -1.78. The first kappa shape index (κ1) is 12.8. The Kier molecular flexibility index (Phi) is 9.73. The minimum absolute atomic E-state index is 0.434. The topological polar surface area (TPSA) is 90.5 Å². The van der Waals surface area contributed by atoms with Crippen LogP contribution < -0.4 is 16.4 Å². The molecule has 0 aromatic carbocycles. The van der Waals surface area contributed by atoms with Gasteiger partial charge < -0.3 is 26.6 Å². The summed E-state index contributed by atoms with van der Waals surface area (Å²) in [5.74, 6) is 0. The highest BCUT2D eigenvalue weighted by atomic mass is 16.5. The summed E-state index contributed by atoms with van der Waals surface area (Å²) < 4.78 is 0. The zero-order chi connectivity index (χ0) is 9.94. The van der Waals surface area contributed by atoms with Crippen LogP contribution in [0.4, 0.5) is 0 Å². The van der Waals surface area contributed by atoms with Gasteiger partial charge in [0.05, 0.1) is 0 Å². The van der Waals surface area contributed by atoms with Gasteiger partial charge in [0.25, 0.3) is 0 Å². The molecule has 0 spiro atoms. The fourth-order valence-electron chi connectivity index (χ4n) is 0.938. The fraction of sp³-hybridized carbons (Fsp3) is 1.00. The minimum Gasteiger partial charge on any atom is -0.368 e. The maximum atomic E-state index is 8.53. The van der Waals surface area contributed by atoms with Crippen molar-refractivity contribution >= 4 is 0 Å². The van der Waals surface area contributed by atoms with Crippen molar-refractivity contribution in [2.24, 2.45) is 5.73 Å². The van der Waals surface area contributed by atoms with Crippen LogP contribution in [0.1, 0.15) is 12.8 Å². The highest BCUT2D eigenvalue weighted by Gasteiger charge is 1.95. The van der Waals surface area contributed by atoms with Crippen LogP contribution in [-0.4, -0.2) is 49.2 Å². The molecule has 0 radical (unpaired) electrons. The van der Waals surface area contributed by atoms with Crippen LogP contribution >= 0.6 is 0 Å². The average molecular weight is 191 g/mol. The SMILES string of the molecule is NCCNCCNCCCC(O)O. The molecule has 0 aliphatic carbocycles. The number of rotatable bonds is 9. The van der Waals surface area contributed by atoms with E-state index in [2.05, 4.69) is 10.6 Å². The molecule has 0 unspecified atom stereocenters. The van der Waals surface area contributed by atoms with Gasteiger partial charge in [-0.05, 0) is 19.4 Å². The van der Waals surface area contributed by atoms with Crippen LogP contribution in [0.2, 0.25) is 0 Å². The first-order valence-corrected chi connectivity index (χ1v) is 4.75. The maximum absolute atomic E-state index is 8.53. The summed E-state index contributed by atoms with van der Waals surface area (Å²) in [7, 11) is 0. The molecule has 0 aromatic rings. The van der Waals surface area contributed by atoms with Crippen molar-refractivity contribution in [2.45, 2.75) is 19.1 Å². The molecule has 0 rings (SSSR count). The van der Waals surface area contributed by atoms with Gasteiger partial charge in [0.1, 0.15) is 0 Å². The van der Waals surface area contributed by atoms with Crippen LogP contribution in [0.3, 0.4) is 0 Å². The molecule has 13 heavy (non-hydrogen) atoms. The summed E-state index contributed by atoms with van der Waals surface area (Å²) in [5.41, 5.74) is 5.29. The lowest BCUT2D eigenvalue weighted by molar-refractivity contribution is -0.0460. The molecule has 5 nitrogen and oxygen atoms in total. The van der Waals surface area contributed by atoms with Crippen molar-refractivity contribution in [3.63, 3.8) is 0 Å². The summed E-state index contributed by atoms with van der Waals surface area (Å²) in [6, 6.07) is 0. The third kappa shape index (κ3) is 11.8. The summed E-state index contributed by atoms with van der Waals surface area (Å²) in [6.45, 7) is 4.12. The largest absolute Gasteiger partial charge is 0.368 e. The van der Waals surface area contributed by atoms with Crippen molar-refractivity contribution in [1.29, 1.82) is 0 Å². The number of nitrogens with two attached hydrogens (primary N) is 1. The molecule has 0 aromatic heterocycles. The van der Waals surface area contributed by atoms with Gasteiger partial charge in [0.2, 0.25) is 0 Å². The quantitative estimate of drug-likeness (QED) is 0.219. The molecule has 0 fully saturated rings. The third-order valence-electron chi connectivity index (χ3n) is 1.62. The van der Waals surface area contributed by atoms with E-state index < -0.39 is 6.29 Å². The van der Waals surface area contributed by atoms with E-state index in [4.69, 9.17) is 15.9 Å². The van der Waals surface area contributed by atoms with E-state index in [1.807, 2.05) is 0 Å². The Morgan fingerprint density at radius 2 is 1.62 bits per heavy atom. The Bertz CT molecular complexity index is 101. The Hall–Kier alpha value is -0.200. The summed E-state index contributed by atoms with van der Waals surface area (Å²) in [5, 5.41) is 23.4. The van der Waals surface area contributed by atoms with Crippen LogP contribution in [-0.2, 0) is 0 Å². The van der Waals surface area contributed by atoms with Gasteiger partial charge in [-0.15, -0.1) is 0 Å². The van der Waals surface area contributed by atoms with Gasteiger partial charge in [0.15, 0.2) is 6.29 Å². The summed E-state index contributed by atoms with van der Waals surface area (Å²) in [4.78, 5) is 0. The molecule has 0 saturated heterocycles. The lowest BCUT2D eigenvalue weighted by Gasteiger charge is -2.06. The average Bonchev–Trinajstić information content (AvgIpc) is 2.09. The second-order valence-corrected chi connectivity index (χ2v) is 2.91.